The topological polar surface area (TPSA) is 75.9 Å². The fourth-order valence-corrected chi connectivity index (χ4v) is 4.89. The van der Waals surface area contributed by atoms with Crippen molar-refractivity contribution in [1.82, 2.24) is 14.8 Å². The number of ether oxygens (including phenoxy) is 1. The molecule has 0 fully saturated rings. The molecule has 0 radical (unpaired) electrons. The average Bonchev–Trinajstić information content (AvgIpc) is 3.44. The molecule has 0 saturated heterocycles. The van der Waals surface area contributed by atoms with E-state index in [0.29, 0.717) is 31.2 Å². The Morgan fingerprint density at radius 2 is 1.79 bits per heavy atom. The van der Waals surface area contributed by atoms with Crippen LogP contribution in [0.1, 0.15) is 58.0 Å². The molecule has 2 amide bonds. The molecule has 2 heterocycles. The highest BCUT2D eigenvalue weighted by Crippen LogP contribution is 2.37. The molecule has 194 valence electrons. The van der Waals surface area contributed by atoms with Gasteiger partial charge in [-0.3, -0.25) is 9.59 Å². The van der Waals surface area contributed by atoms with Gasteiger partial charge in [0.2, 0.25) is 11.8 Å². The fraction of sp³-hybridized carbons (Fsp3) is 0.258. The summed E-state index contributed by atoms with van der Waals surface area (Å²) >= 11 is 0. The number of hydrogen-bond donors (Lipinski definition) is 0. The van der Waals surface area contributed by atoms with Crippen LogP contribution in [0.5, 0.6) is 5.75 Å². The zero-order valence-corrected chi connectivity index (χ0v) is 21.7. The van der Waals surface area contributed by atoms with Crippen LogP contribution in [0.25, 0.3) is 0 Å². The number of fused-ring (bicyclic) bond motifs is 1. The van der Waals surface area contributed by atoms with Crippen molar-refractivity contribution in [3.8, 4) is 5.75 Å². The normalized spacial score (nSPS) is 14.6. The Balaban J connectivity index is 1.30. The Hall–Kier alpha value is -4.39. The van der Waals surface area contributed by atoms with E-state index in [2.05, 4.69) is 23.2 Å². The first-order valence-corrected chi connectivity index (χ1v) is 12.9. The third-order valence-corrected chi connectivity index (χ3v) is 6.83. The number of nitrogens with zero attached hydrogens (tertiary/aromatic N) is 3. The van der Waals surface area contributed by atoms with Crippen LogP contribution < -0.4 is 4.74 Å². The molecule has 0 aliphatic carbocycles. The molecule has 4 aromatic rings. The number of benzene rings is 3. The molecule has 1 aliphatic heterocycles. The first-order valence-electron chi connectivity index (χ1n) is 12.9. The van der Waals surface area contributed by atoms with Gasteiger partial charge in [-0.15, -0.1) is 0 Å². The first kappa shape index (κ1) is 25.3. The molecular weight excluding hydrogens is 478 g/mol. The fourth-order valence-electron chi connectivity index (χ4n) is 4.89. The van der Waals surface area contributed by atoms with Gasteiger partial charge < -0.3 is 19.0 Å². The van der Waals surface area contributed by atoms with Gasteiger partial charge in [0.1, 0.15) is 12.0 Å². The van der Waals surface area contributed by atoms with Crippen molar-refractivity contribution < 1.29 is 18.7 Å². The van der Waals surface area contributed by atoms with Gasteiger partial charge in [0.15, 0.2) is 12.3 Å². The molecule has 0 spiro atoms. The molecule has 1 aromatic heterocycles. The summed E-state index contributed by atoms with van der Waals surface area (Å²) in [5, 5.41) is 0. The monoisotopic (exact) mass is 509 g/mol. The SMILES string of the molecule is CCC(=O)N1CCc2ccc(OCc3nc(C(=O)N(C)Cc4ccccc4)co3)cc2C1c1ccccc1. The number of amides is 2. The molecule has 7 nitrogen and oxygen atoms in total. The lowest BCUT2D eigenvalue weighted by Gasteiger charge is -2.38. The van der Waals surface area contributed by atoms with Crippen LogP contribution in [0.3, 0.4) is 0 Å². The van der Waals surface area contributed by atoms with Crippen molar-refractivity contribution in [2.75, 3.05) is 13.6 Å². The molecular formula is C31H31N3O4. The third kappa shape index (κ3) is 5.47. The van der Waals surface area contributed by atoms with E-state index in [0.717, 1.165) is 23.1 Å². The van der Waals surface area contributed by atoms with Gasteiger partial charge in [-0.05, 0) is 40.8 Å². The van der Waals surface area contributed by atoms with Crippen molar-refractivity contribution >= 4 is 11.8 Å². The predicted molar refractivity (Wildman–Crippen MR) is 144 cm³/mol. The molecule has 0 saturated carbocycles. The summed E-state index contributed by atoms with van der Waals surface area (Å²) in [7, 11) is 1.74. The van der Waals surface area contributed by atoms with Gasteiger partial charge in [-0.2, -0.15) is 0 Å². The predicted octanol–water partition coefficient (Wildman–Crippen LogP) is 5.41. The summed E-state index contributed by atoms with van der Waals surface area (Å²) in [6.45, 7) is 3.15. The minimum atomic E-state index is -0.219. The van der Waals surface area contributed by atoms with Crippen molar-refractivity contribution in [2.45, 2.75) is 39.0 Å². The van der Waals surface area contributed by atoms with Crippen LogP contribution in [0, 0.1) is 0 Å². The summed E-state index contributed by atoms with van der Waals surface area (Å²) in [5.41, 5.74) is 4.62. The van der Waals surface area contributed by atoms with Crippen molar-refractivity contribution in [2.24, 2.45) is 0 Å². The second-order valence-corrected chi connectivity index (χ2v) is 9.43. The largest absolute Gasteiger partial charge is 0.484 e. The summed E-state index contributed by atoms with van der Waals surface area (Å²) < 4.78 is 11.6. The molecule has 38 heavy (non-hydrogen) atoms. The molecule has 1 unspecified atom stereocenters. The van der Waals surface area contributed by atoms with Gasteiger partial charge in [0, 0.05) is 26.6 Å². The quantitative estimate of drug-likeness (QED) is 0.318. The summed E-state index contributed by atoms with van der Waals surface area (Å²) in [4.78, 5) is 33.5. The second kappa shape index (κ2) is 11.3. The van der Waals surface area contributed by atoms with Crippen molar-refractivity contribution in [1.29, 1.82) is 0 Å². The maximum atomic E-state index is 12.8. The van der Waals surface area contributed by atoms with Crippen LogP contribution in [0.2, 0.25) is 0 Å². The Labute approximate surface area is 222 Å². The lowest BCUT2D eigenvalue weighted by Crippen LogP contribution is -2.40. The molecule has 5 rings (SSSR count). The van der Waals surface area contributed by atoms with Crippen molar-refractivity contribution in [3.63, 3.8) is 0 Å². The van der Waals surface area contributed by atoms with Gasteiger partial charge >= 0.3 is 0 Å². The highest BCUT2D eigenvalue weighted by molar-refractivity contribution is 5.91. The molecule has 0 bridgehead atoms. The van der Waals surface area contributed by atoms with Gasteiger partial charge in [0.25, 0.3) is 5.91 Å². The number of aromatic nitrogens is 1. The Morgan fingerprint density at radius 3 is 2.53 bits per heavy atom. The van der Waals surface area contributed by atoms with Gasteiger partial charge in [-0.1, -0.05) is 73.7 Å². The van der Waals surface area contributed by atoms with E-state index in [1.807, 2.05) is 72.5 Å². The zero-order chi connectivity index (χ0) is 26.5. The third-order valence-electron chi connectivity index (χ3n) is 6.83. The van der Waals surface area contributed by atoms with Gasteiger partial charge in [-0.25, -0.2) is 4.98 Å². The van der Waals surface area contributed by atoms with Crippen LogP contribution in [-0.4, -0.2) is 40.2 Å². The van der Waals surface area contributed by atoms with Crippen LogP contribution in [-0.2, 0) is 24.4 Å². The number of carbonyl (C=O) groups excluding carboxylic acids is 2. The summed E-state index contributed by atoms with van der Waals surface area (Å²) in [5.74, 6) is 0.887. The number of hydrogen-bond acceptors (Lipinski definition) is 5. The smallest absolute Gasteiger partial charge is 0.275 e. The Morgan fingerprint density at radius 1 is 1.05 bits per heavy atom. The summed E-state index contributed by atoms with van der Waals surface area (Å²) in [6.07, 6.45) is 2.63. The van der Waals surface area contributed by atoms with Gasteiger partial charge in [0.05, 0.1) is 6.04 Å². The molecule has 3 aromatic carbocycles. The molecule has 0 N–H and O–H groups in total. The Bertz CT molecular complexity index is 1400. The Kier molecular flexibility index (Phi) is 7.54. The highest BCUT2D eigenvalue weighted by atomic mass is 16.5. The molecule has 1 aliphatic rings. The highest BCUT2D eigenvalue weighted by Gasteiger charge is 2.31. The van der Waals surface area contributed by atoms with Crippen molar-refractivity contribution in [3.05, 3.63) is 119 Å². The van der Waals surface area contributed by atoms with E-state index >= 15 is 0 Å². The minimum absolute atomic E-state index is 0.0854. The molecule has 1 atom stereocenters. The van der Waals surface area contributed by atoms with E-state index in [4.69, 9.17) is 9.15 Å². The second-order valence-electron chi connectivity index (χ2n) is 9.43. The van der Waals surface area contributed by atoms with Crippen LogP contribution in [0.15, 0.2) is 89.5 Å². The van der Waals surface area contributed by atoms with E-state index in [1.165, 1.54) is 11.8 Å². The van der Waals surface area contributed by atoms with E-state index in [1.54, 1.807) is 11.9 Å². The zero-order valence-electron chi connectivity index (χ0n) is 21.7. The summed E-state index contributed by atoms with van der Waals surface area (Å²) in [6, 6.07) is 25.7. The number of carbonyl (C=O) groups is 2. The van der Waals surface area contributed by atoms with E-state index in [9.17, 15) is 9.59 Å². The first-order chi connectivity index (χ1) is 18.5. The lowest BCUT2D eigenvalue weighted by molar-refractivity contribution is -0.132. The van der Waals surface area contributed by atoms with Crippen LogP contribution >= 0.6 is 0 Å². The van der Waals surface area contributed by atoms with E-state index < -0.39 is 0 Å². The number of rotatable bonds is 8. The maximum absolute atomic E-state index is 12.8. The molecule has 7 heteroatoms. The average molecular weight is 510 g/mol. The lowest BCUT2D eigenvalue weighted by atomic mass is 9.87. The maximum Gasteiger partial charge on any atom is 0.275 e. The minimum Gasteiger partial charge on any atom is -0.484 e. The van der Waals surface area contributed by atoms with E-state index in [-0.39, 0.29) is 30.2 Å². The van der Waals surface area contributed by atoms with Crippen LogP contribution in [0.4, 0.5) is 0 Å². The number of oxazole rings is 1. The standard InChI is InChI=1S/C31H31N3O4/c1-3-29(35)34-17-16-23-14-15-25(18-26(23)30(34)24-12-8-5-9-13-24)37-21-28-32-27(20-38-28)31(36)33(2)19-22-10-6-4-7-11-22/h4-15,18,20,30H,3,16-17,19,21H2,1-2H3.